The first-order valence-electron chi connectivity index (χ1n) is 8.26. The Morgan fingerprint density at radius 1 is 1.40 bits per heavy atom. The summed E-state index contributed by atoms with van der Waals surface area (Å²) in [6.07, 6.45) is 3.63. The van der Waals surface area contributed by atoms with Crippen molar-refractivity contribution in [2.45, 2.75) is 40.3 Å². The summed E-state index contributed by atoms with van der Waals surface area (Å²) in [5, 5.41) is 4.32. The first kappa shape index (κ1) is 17.4. The number of amides is 1. The Balaban J connectivity index is 2.14. The second kappa shape index (κ2) is 6.80. The zero-order valence-electron chi connectivity index (χ0n) is 15.0. The van der Waals surface area contributed by atoms with Crippen LogP contribution in [-0.2, 0) is 6.54 Å². The molecule has 2 heterocycles. The number of nitrogens with zero attached hydrogens (tertiary/aromatic N) is 4. The van der Waals surface area contributed by atoms with E-state index < -0.39 is 0 Å². The molecule has 0 unspecified atom stereocenters. The maximum absolute atomic E-state index is 12.6. The summed E-state index contributed by atoms with van der Waals surface area (Å²) in [5.74, 6) is -0.321. The van der Waals surface area contributed by atoms with Gasteiger partial charge < -0.3 is 4.57 Å². The molecule has 25 heavy (non-hydrogen) atoms. The lowest BCUT2D eigenvalue weighted by Crippen LogP contribution is -2.16. The molecule has 2 aromatic heterocycles. The molecular formula is C19H22N4OS. The van der Waals surface area contributed by atoms with E-state index in [4.69, 9.17) is 0 Å². The van der Waals surface area contributed by atoms with Gasteiger partial charge in [0.05, 0.1) is 10.2 Å². The number of allylic oxidation sites excluding steroid dienone is 1. The molecule has 5 nitrogen and oxygen atoms in total. The molecule has 0 saturated carbocycles. The molecular weight excluding hydrogens is 332 g/mol. The molecule has 0 bridgehead atoms. The summed E-state index contributed by atoms with van der Waals surface area (Å²) < 4.78 is 4.94. The van der Waals surface area contributed by atoms with E-state index in [0.29, 0.717) is 17.0 Å². The minimum Gasteiger partial charge on any atom is -0.312 e. The maximum Gasteiger partial charge on any atom is 0.300 e. The van der Waals surface area contributed by atoms with Crippen molar-refractivity contribution >= 4 is 27.5 Å². The second-order valence-electron chi connectivity index (χ2n) is 6.41. The van der Waals surface area contributed by atoms with Crippen LogP contribution >= 0.6 is 11.3 Å². The molecule has 3 rings (SSSR count). The molecule has 0 spiro atoms. The molecule has 0 aliphatic carbocycles. The average Bonchev–Trinajstić information content (AvgIpc) is 3.15. The van der Waals surface area contributed by atoms with Crippen molar-refractivity contribution in [3.63, 3.8) is 0 Å². The molecule has 3 aromatic rings. The van der Waals surface area contributed by atoms with Gasteiger partial charge in [0.2, 0.25) is 0 Å². The van der Waals surface area contributed by atoms with Gasteiger partial charge in [-0.2, -0.15) is 10.1 Å². The highest BCUT2D eigenvalue weighted by atomic mass is 32.1. The first-order valence-corrected chi connectivity index (χ1v) is 9.08. The van der Waals surface area contributed by atoms with Crippen molar-refractivity contribution in [1.29, 1.82) is 0 Å². The molecule has 0 atom stereocenters. The van der Waals surface area contributed by atoms with Crippen LogP contribution in [0.1, 0.15) is 41.5 Å². The van der Waals surface area contributed by atoms with Gasteiger partial charge in [0, 0.05) is 18.8 Å². The number of aryl methyl sites for hydroxylation is 2. The molecule has 0 N–H and O–H groups in total. The summed E-state index contributed by atoms with van der Waals surface area (Å²) in [6, 6.07) is 6.20. The van der Waals surface area contributed by atoms with Crippen LogP contribution < -0.4 is 4.80 Å². The normalized spacial score (nSPS) is 12.3. The number of carbonyl (C=O) groups is 1. The van der Waals surface area contributed by atoms with Crippen LogP contribution in [0.3, 0.4) is 0 Å². The van der Waals surface area contributed by atoms with Gasteiger partial charge in [-0.05, 0) is 51.0 Å². The van der Waals surface area contributed by atoms with Crippen molar-refractivity contribution in [2.24, 2.45) is 4.99 Å². The number of hydrogen-bond acceptors (Lipinski definition) is 3. The first-order chi connectivity index (χ1) is 11.9. The van der Waals surface area contributed by atoms with Gasteiger partial charge in [-0.15, -0.1) is 6.58 Å². The van der Waals surface area contributed by atoms with Crippen molar-refractivity contribution in [2.75, 3.05) is 0 Å². The number of rotatable bonds is 4. The molecule has 130 valence electrons. The topological polar surface area (TPSA) is 52.2 Å². The zero-order valence-corrected chi connectivity index (χ0v) is 15.8. The molecule has 0 fully saturated rings. The fraction of sp³-hybridized carbons (Fsp3) is 0.316. The second-order valence-corrected chi connectivity index (χ2v) is 7.38. The summed E-state index contributed by atoms with van der Waals surface area (Å²) in [4.78, 5) is 17.6. The third-order valence-corrected chi connectivity index (χ3v) is 5.21. The van der Waals surface area contributed by atoms with Crippen LogP contribution in [0.5, 0.6) is 0 Å². The Morgan fingerprint density at radius 3 is 2.80 bits per heavy atom. The summed E-state index contributed by atoms with van der Waals surface area (Å²) in [6.45, 7) is 12.6. The van der Waals surface area contributed by atoms with Gasteiger partial charge in [0.15, 0.2) is 10.5 Å². The van der Waals surface area contributed by atoms with Gasteiger partial charge in [0.1, 0.15) is 0 Å². The highest BCUT2D eigenvalue weighted by Gasteiger charge is 2.13. The Kier molecular flexibility index (Phi) is 4.72. The molecule has 6 heteroatoms. The van der Waals surface area contributed by atoms with Crippen molar-refractivity contribution in [3.05, 3.63) is 58.7 Å². The predicted octanol–water partition coefficient (Wildman–Crippen LogP) is 4.02. The smallest absolute Gasteiger partial charge is 0.300 e. The van der Waals surface area contributed by atoms with E-state index in [0.717, 1.165) is 10.2 Å². The van der Waals surface area contributed by atoms with Crippen LogP contribution in [0.2, 0.25) is 0 Å². The molecule has 0 radical (unpaired) electrons. The van der Waals surface area contributed by atoms with Crippen LogP contribution in [0, 0.1) is 13.8 Å². The lowest BCUT2D eigenvalue weighted by molar-refractivity contribution is 0.0992. The van der Waals surface area contributed by atoms with E-state index in [9.17, 15) is 4.79 Å². The fourth-order valence-electron chi connectivity index (χ4n) is 2.79. The number of benzene rings is 1. The Bertz CT molecular complexity index is 1020. The van der Waals surface area contributed by atoms with Crippen LogP contribution in [0.15, 0.2) is 42.0 Å². The molecule has 1 aromatic carbocycles. The van der Waals surface area contributed by atoms with Gasteiger partial charge in [-0.3, -0.25) is 9.48 Å². The quantitative estimate of drug-likeness (QED) is 0.664. The Hall–Kier alpha value is -2.47. The number of hydrogen-bond donors (Lipinski definition) is 0. The standard InChI is InChI=1S/C19H22N4OS/c1-6-8-22-16-11-13(4)10-14(5)17(16)25-19(22)20-18(24)15-7-9-23(21-15)12(2)3/h6-7,9-12H,1,8H2,2-5H3. The Morgan fingerprint density at radius 2 is 2.16 bits per heavy atom. The average molecular weight is 354 g/mol. The summed E-state index contributed by atoms with van der Waals surface area (Å²) >= 11 is 1.53. The van der Waals surface area contributed by atoms with Crippen LogP contribution in [0.25, 0.3) is 10.2 Å². The monoisotopic (exact) mass is 354 g/mol. The third kappa shape index (κ3) is 3.35. The van der Waals surface area contributed by atoms with Crippen molar-refractivity contribution in [1.82, 2.24) is 14.3 Å². The SMILES string of the molecule is C=CCn1c(=NC(=O)c2ccn(C(C)C)n2)sc2c(C)cc(C)cc21. The van der Waals surface area contributed by atoms with E-state index in [1.54, 1.807) is 10.7 Å². The van der Waals surface area contributed by atoms with E-state index in [2.05, 4.69) is 42.7 Å². The highest BCUT2D eigenvalue weighted by Crippen LogP contribution is 2.23. The van der Waals surface area contributed by atoms with Crippen molar-refractivity contribution in [3.8, 4) is 0 Å². The van der Waals surface area contributed by atoms with E-state index in [-0.39, 0.29) is 11.9 Å². The predicted molar refractivity (Wildman–Crippen MR) is 102 cm³/mol. The molecule has 0 aliphatic rings. The van der Waals surface area contributed by atoms with Crippen LogP contribution in [0.4, 0.5) is 0 Å². The summed E-state index contributed by atoms with van der Waals surface area (Å²) in [7, 11) is 0. The summed E-state index contributed by atoms with van der Waals surface area (Å²) in [5.41, 5.74) is 3.83. The van der Waals surface area contributed by atoms with Gasteiger partial charge in [0.25, 0.3) is 5.91 Å². The van der Waals surface area contributed by atoms with Gasteiger partial charge in [-0.1, -0.05) is 23.5 Å². The number of fused-ring (bicyclic) bond motifs is 1. The number of aromatic nitrogens is 3. The lowest BCUT2D eigenvalue weighted by Gasteiger charge is -2.03. The molecule has 0 saturated heterocycles. The van der Waals surface area contributed by atoms with Gasteiger partial charge in [-0.25, -0.2) is 0 Å². The fourth-order valence-corrected chi connectivity index (χ4v) is 3.87. The largest absolute Gasteiger partial charge is 0.312 e. The van der Waals surface area contributed by atoms with Crippen LogP contribution in [-0.4, -0.2) is 20.3 Å². The minimum atomic E-state index is -0.321. The molecule has 0 aliphatic heterocycles. The minimum absolute atomic E-state index is 0.210. The van der Waals surface area contributed by atoms with Gasteiger partial charge >= 0.3 is 0 Å². The zero-order chi connectivity index (χ0) is 18.1. The number of thiazole rings is 1. The highest BCUT2D eigenvalue weighted by molar-refractivity contribution is 7.16. The van der Waals surface area contributed by atoms with E-state index in [1.165, 1.54) is 22.5 Å². The van der Waals surface area contributed by atoms with E-state index in [1.807, 2.05) is 30.7 Å². The third-order valence-electron chi connectivity index (χ3n) is 3.98. The maximum atomic E-state index is 12.6. The number of carbonyl (C=O) groups excluding carboxylic acids is 1. The van der Waals surface area contributed by atoms with E-state index >= 15 is 0 Å². The van der Waals surface area contributed by atoms with Crippen molar-refractivity contribution < 1.29 is 4.79 Å². The lowest BCUT2D eigenvalue weighted by atomic mass is 10.1. The molecule has 1 amide bonds. The Labute approximate surface area is 150 Å².